The Kier molecular flexibility index (Phi) is 2.79. The lowest BCUT2D eigenvalue weighted by atomic mass is 10.1. The summed E-state index contributed by atoms with van der Waals surface area (Å²) in [5.41, 5.74) is 2.17. The second-order valence-electron chi connectivity index (χ2n) is 5.77. The van der Waals surface area contributed by atoms with Gasteiger partial charge in [0.25, 0.3) is 5.56 Å². The van der Waals surface area contributed by atoms with Crippen LogP contribution in [0.25, 0.3) is 11.0 Å². The van der Waals surface area contributed by atoms with Crippen molar-refractivity contribution in [1.29, 1.82) is 0 Å². The smallest absolute Gasteiger partial charge is 0.255 e. The molecule has 0 aliphatic carbocycles. The molecular formula is C16H17N5O. The molecule has 1 aromatic carbocycles. The predicted molar refractivity (Wildman–Crippen MR) is 85.2 cm³/mol. The number of anilines is 1. The quantitative estimate of drug-likeness (QED) is 0.719. The van der Waals surface area contributed by atoms with E-state index >= 15 is 0 Å². The number of benzene rings is 1. The van der Waals surface area contributed by atoms with Crippen LogP contribution in [-0.4, -0.2) is 32.2 Å². The molecule has 0 N–H and O–H groups in total. The molecular weight excluding hydrogens is 278 g/mol. The van der Waals surface area contributed by atoms with Crippen molar-refractivity contribution >= 4 is 16.9 Å². The SMILES string of the molecule is Cc1nc2ccccc2n1C1CN(c2cc(=O)n(C)cn2)C1. The van der Waals surface area contributed by atoms with E-state index in [1.807, 2.05) is 25.1 Å². The van der Waals surface area contributed by atoms with E-state index in [0.717, 1.165) is 30.2 Å². The number of rotatable bonds is 2. The van der Waals surface area contributed by atoms with Gasteiger partial charge in [-0.15, -0.1) is 0 Å². The molecule has 4 rings (SSSR count). The number of fused-ring (bicyclic) bond motifs is 1. The van der Waals surface area contributed by atoms with Crippen molar-refractivity contribution in [3.05, 3.63) is 52.8 Å². The largest absolute Gasteiger partial charge is 0.352 e. The van der Waals surface area contributed by atoms with Crippen molar-refractivity contribution in [2.24, 2.45) is 7.05 Å². The van der Waals surface area contributed by atoms with Gasteiger partial charge in [-0.25, -0.2) is 9.97 Å². The molecule has 1 saturated heterocycles. The van der Waals surface area contributed by atoms with E-state index in [9.17, 15) is 4.79 Å². The molecule has 0 unspecified atom stereocenters. The van der Waals surface area contributed by atoms with Crippen LogP contribution in [0, 0.1) is 6.92 Å². The van der Waals surface area contributed by atoms with E-state index < -0.39 is 0 Å². The Hall–Kier alpha value is -2.63. The second-order valence-corrected chi connectivity index (χ2v) is 5.77. The van der Waals surface area contributed by atoms with Gasteiger partial charge >= 0.3 is 0 Å². The van der Waals surface area contributed by atoms with Crippen molar-refractivity contribution in [3.63, 3.8) is 0 Å². The summed E-state index contributed by atoms with van der Waals surface area (Å²) in [6.07, 6.45) is 1.57. The Morgan fingerprint density at radius 1 is 1.23 bits per heavy atom. The van der Waals surface area contributed by atoms with Crippen LogP contribution in [0.1, 0.15) is 11.9 Å². The fraction of sp³-hybridized carbons (Fsp3) is 0.312. The van der Waals surface area contributed by atoms with Crippen molar-refractivity contribution in [2.75, 3.05) is 18.0 Å². The Morgan fingerprint density at radius 2 is 2.00 bits per heavy atom. The third-order valence-electron chi connectivity index (χ3n) is 4.29. The van der Waals surface area contributed by atoms with Gasteiger partial charge in [-0.1, -0.05) is 12.1 Å². The number of hydrogen-bond donors (Lipinski definition) is 0. The van der Waals surface area contributed by atoms with Gasteiger partial charge in [0.1, 0.15) is 11.6 Å². The van der Waals surface area contributed by atoms with Gasteiger partial charge in [-0.3, -0.25) is 4.79 Å². The first-order valence-electron chi connectivity index (χ1n) is 7.34. The number of hydrogen-bond acceptors (Lipinski definition) is 4. The zero-order chi connectivity index (χ0) is 15.3. The molecule has 6 nitrogen and oxygen atoms in total. The standard InChI is InChI=1S/C16H17N5O/c1-11-18-13-5-3-4-6-14(13)21(11)12-8-20(9-12)15-7-16(22)19(2)10-17-15/h3-7,10,12H,8-9H2,1-2H3. The zero-order valence-corrected chi connectivity index (χ0v) is 12.6. The van der Waals surface area contributed by atoms with Crippen molar-refractivity contribution in [1.82, 2.24) is 19.1 Å². The van der Waals surface area contributed by atoms with Crippen LogP contribution in [0.4, 0.5) is 5.82 Å². The summed E-state index contributed by atoms with van der Waals surface area (Å²) in [6.45, 7) is 3.74. The fourth-order valence-corrected chi connectivity index (χ4v) is 3.06. The summed E-state index contributed by atoms with van der Waals surface area (Å²) < 4.78 is 3.77. The number of aromatic nitrogens is 4. The van der Waals surface area contributed by atoms with E-state index in [0.29, 0.717) is 6.04 Å². The third-order valence-corrected chi connectivity index (χ3v) is 4.29. The van der Waals surface area contributed by atoms with Crippen LogP contribution in [-0.2, 0) is 7.05 Å². The highest BCUT2D eigenvalue weighted by atomic mass is 16.1. The minimum absolute atomic E-state index is 0.0299. The molecule has 0 saturated carbocycles. The maximum atomic E-state index is 11.7. The molecule has 0 bridgehead atoms. The number of nitrogens with zero attached hydrogens (tertiary/aromatic N) is 5. The molecule has 0 spiro atoms. The molecule has 112 valence electrons. The molecule has 3 aromatic rings. The number of aryl methyl sites for hydroxylation is 2. The minimum atomic E-state index is -0.0299. The summed E-state index contributed by atoms with van der Waals surface area (Å²) in [5, 5.41) is 0. The molecule has 1 aliphatic rings. The molecule has 6 heteroatoms. The van der Waals surface area contributed by atoms with Crippen LogP contribution in [0.2, 0.25) is 0 Å². The third kappa shape index (κ3) is 1.91. The van der Waals surface area contributed by atoms with Gasteiger partial charge in [0.05, 0.1) is 23.4 Å². The van der Waals surface area contributed by atoms with E-state index in [4.69, 9.17) is 0 Å². The molecule has 3 heterocycles. The van der Waals surface area contributed by atoms with Crippen LogP contribution in [0.15, 0.2) is 41.5 Å². The lowest BCUT2D eigenvalue weighted by Crippen LogP contribution is -2.48. The number of imidazole rings is 1. The van der Waals surface area contributed by atoms with Crippen LogP contribution in [0.3, 0.4) is 0 Å². The maximum absolute atomic E-state index is 11.7. The minimum Gasteiger partial charge on any atom is -0.352 e. The Labute approximate surface area is 127 Å². The van der Waals surface area contributed by atoms with Crippen LogP contribution < -0.4 is 10.5 Å². The van der Waals surface area contributed by atoms with Gasteiger partial charge in [-0.05, 0) is 19.1 Å². The Balaban J connectivity index is 1.61. The summed E-state index contributed by atoms with van der Waals surface area (Å²) >= 11 is 0. The molecule has 22 heavy (non-hydrogen) atoms. The lowest BCUT2D eigenvalue weighted by Gasteiger charge is -2.41. The average Bonchev–Trinajstić information content (AvgIpc) is 2.78. The van der Waals surface area contributed by atoms with Crippen LogP contribution in [0.5, 0.6) is 0 Å². The lowest BCUT2D eigenvalue weighted by molar-refractivity contribution is 0.398. The van der Waals surface area contributed by atoms with Gasteiger partial charge in [0, 0.05) is 26.2 Å². The predicted octanol–water partition coefficient (Wildman–Crippen LogP) is 1.50. The average molecular weight is 295 g/mol. The van der Waals surface area contributed by atoms with Crippen molar-refractivity contribution < 1.29 is 0 Å². The molecule has 1 aliphatic heterocycles. The van der Waals surface area contributed by atoms with Gasteiger partial charge < -0.3 is 14.0 Å². The van der Waals surface area contributed by atoms with Gasteiger partial charge in [0.15, 0.2) is 0 Å². The van der Waals surface area contributed by atoms with Gasteiger partial charge in [0.2, 0.25) is 0 Å². The first-order chi connectivity index (χ1) is 10.6. The molecule has 0 atom stereocenters. The summed E-state index contributed by atoms with van der Waals surface area (Å²) in [5.74, 6) is 1.78. The Bertz CT molecular complexity index is 904. The van der Waals surface area contributed by atoms with Crippen molar-refractivity contribution in [3.8, 4) is 0 Å². The van der Waals surface area contributed by atoms with Crippen molar-refractivity contribution in [2.45, 2.75) is 13.0 Å². The molecule has 1 fully saturated rings. The van der Waals surface area contributed by atoms with E-state index in [1.165, 1.54) is 10.1 Å². The summed E-state index contributed by atoms with van der Waals surface area (Å²) in [6, 6.07) is 10.2. The first-order valence-corrected chi connectivity index (χ1v) is 7.34. The first kappa shape index (κ1) is 13.1. The zero-order valence-electron chi connectivity index (χ0n) is 12.6. The molecule has 0 radical (unpaired) electrons. The van der Waals surface area contributed by atoms with E-state index in [2.05, 4.69) is 25.5 Å². The normalized spacial score (nSPS) is 15.3. The maximum Gasteiger partial charge on any atom is 0.255 e. The number of para-hydroxylation sites is 2. The summed E-state index contributed by atoms with van der Waals surface area (Å²) in [4.78, 5) is 22.8. The highest BCUT2D eigenvalue weighted by Crippen LogP contribution is 2.29. The highest BCUT2D eigenvalue weighted by molar-refractivity contribution is 5.76. The van der Waals surface area contributed by atoms with Gasteiger partial charge in [-0.2, -0.15) is 0 Å². The van der Waals surface area contributed by atoms with E-state index in [1.54, 1.807) is 19.4 Å². The molecule has 2 aromatic heterocycles. The van der Waals surface area contributed by atoms with Crippen LogP contribution >= 0.6 is 0 Å². The van der Waals surface area contributed by atoms with E-state index in [-0.39, 0.29) is 5.56 Å². The monoisotopic (exact) mass is 295 g/mol. The molecule has 0 amide bonds. The Morgan fingerprint density at radius 3 is 2.77 bits per heavy atom. The topological polar surface area (TPSA) is 56.0 Å². The highest BCUT2D eigenvalue weighted by Gasteiger charge is 2.31. The second kappa shape index (κ2) is 4.69. The summed E-state index contributed by atoms with van der Waals surface area (Å²) in [7, 11) is 1.71. The fourth-order valence-electron chi connectivity index (χ4n) is 3.06.